The molecule has 4 rings (SSSR count). The van der Waals surface area contributed by atoms with E-state index in [2.05, 4.69) is 77.0 Å². The van der Waals surface area contributed by atoms with Crippen molar-refractivity contribution in [2.45, 2.75) is 33.6 Å². The van der Waals surface area contributed by atoms with Crippen molar-refractivity contribution in [2.75, 3.05) is 25.0 Å². The van der Waals surface area contributed by atoms with Crippen molar-refractivity contribution in [2.24, 2.45) is 11.3 Å². The fourth-order valence-electron chi connectivity index (χ4n) is 4.17. The van der Waals surface area contributed by atoms with Crippen LogP contribution in [0.5, 0.6) is 0 Å². The molecule has 2 aromatic heterocycles. The van der Waals surface area contributed by atoms with Crippen molar-refractivity contribution < 1.29 is 0 Å². The van der Waals surface area contributed by atoms with E-state index in [-0.39, 0.29) is 0 Å². The Hall–Kier alpha value is -2.66. The van der Waals surface area contributed by atoms with Crippen molar-refractivity contribution in [3.8, 4) is 11.1 Å². The van der Waals surface area contributed by atoms with Crippen LogP contribution < -0.4 is 5.32 Å². The minimum absolute atomic E-state index is 0.354. The molecule has 0 aliphatic carbocycles. The largest absolute Gasteiger partial charge is 0.344 e. The number of aromatic amines is 1. The van der Waals surface area contributed by atoms with Crippen molar-refractivity contribution >= 4 is 16.6 Å². The first-order valence-electron chi connectivity index (χ1n) is 10.4. The van der Waals surface area contributed by atoms with Crippen LogP contribution in [-0.2, 0) is 0 Å². The molecule has 1 aromatic carbocycles. The number of pyridine rings is 1. The Kier molecular flexibility index (Phi) is 5.41. The van der Waals surface area contributed by atoms with E-state index < -0.39 is 0 Å². The molecular weight excluding hydrogens is 358 g/mol. The molecule has 3 heterocycles. The lowest BCUT2D eigenvalue weighted by Gasteiger charge is -2.36. The fraction of sp³-hybridized carbons (Fsp3) is 0.417. The number of piperidine rings is 1. The second-order valence-corrected chi connectivity index (χ2v) is 9.38. The average Bonchev–Trinajstić information content (AvgIpc) is 3.21. The zero-order chi connectivity index (χ0) is 20.4. The van der Waals surface area contributed by atoms with Crippen LogP contribution in [0.15, 0.2) is 55.1 Å². The highest BCUT2D eigenvalue weighted by Crippen LogP contribution is 2.28. The molecule has 1 aliphatic heterocycles. The van der Waals surface area contributed by atoms with E-state index in [9.17, 15) is 0 Å². The van der Waals surface area contributed by atoms with Gasteiger partial charge >= 0.3 is 0 Å². The van der Waals surface area contributed by atoms with Crippen molar-refractivity contribution in [1.29, 1.82) is 0 Å². The number of nitrogens with one attached hydrogen (secondary N) is 2. The van der Waals surface area contributed by atoms with Gasteiger partial charge < -0.3 is 10.2 Å². The molecule has 0 radical (unpaired) electrons. The van der Waals surface area contributed by atoms with Crippen molar-refractivity contribution in [1.82, 2.24) is 20.1 Å². The van der Waals surface area contributed by atoms with Crippen LogP contribution in [0.2, 0.25) is 0 Å². The summed E-state index contributed by atoms with van der Waals surface area (Å²) in [6.45, 7) is 14.7. The van der Waals surface area contributed by atoms with Gasteiger partial charge in [-0.25, -0.2) is 4.98 Å². The van der Waals surface area contributed by atoms with Gasteiger partial charge in [0.15, 0.2) is 0 Å². The maximum absolute atomic E-state index is 4.60. The number of hydrogen-bond acceptors (Lipinski definition) is 4. The van der Waals surface area contributed by atoms with Gasteiger partial charge in [0.05, 0.1) is 6.20 Å². The van der Waals surface area contributed by atoms with E-state index in [0.29, 0.717) is 11.3 Å². The van der Waals surface area contributed by atoms with E-state index in [0.717, 1.165) is 65.9 Å². The van der Waals surface area contributed by atoms with Gasteiger partial charge in [0.1, 0.15) is 5.82 Å². The first-order chi connectivity index (χ1) is 13.9. The zero-order valence-electron chi connectivity index (χ0n) is 17.7. The Morgan fingerprint density at radius 3 is 2.62 bits per heavy atom. The number of rotatable bonds is 5. The summed E-state index contributed by atoms with van der Waals surface area (Å²) in [4.78, 5) is 7.18. The van der Waals surface area contributed by atoms with Gasteiger partial charge in [-0.2, -0.15) is 5.10 Å². The molecule has 1 aliphatic rings. The SMILES string of the molecule is C=C(Nc1cc2cc(-c3cn[nH]c3)ccc2cn1)C1CCN(CC(C)(C)C)CC1. The molecule has 5 heteroatoms. The number of allylic oxidation sites excluding steroid dienone is 1. The van der Waals surface area contributed by atoms with Crippen LogP contribution in [0.4, 0.5) is 5.82 Å². The summed E-state index contributed by atoms with van der Waals surface area (Å²) >= 11 is 0. The summed E-state index contributed by atoms with van der Waals surface area (Å²) in [5, 5.41) is 12.7. The molecule has 2 N–H and O–H groups in total. The first kappa shape index (κ1) is 19.6. The summed E-state index contributed by atoms with van der Waals surface area (Å²) < 4.78 is 0. The molecule has 3 aromatic rings. The number of H-pyrrole nitrogens is 1. The lowest BCUT2D eigenvalue weighted by atomic mass is 9.90. The van der Waals surface area contributed by atoms with Crippen molar-refractivity contribution in [3.05, 3.63) is 55.1 Å². The van der Waals surface area contributed by atoms with Crippen LogP contribution in [-0.4, -0.2) is 39.7 Å². The van der Waals surface area contributed by atoms with Gasteiger partial charge in [-0.3, -0.25) is 5.10 Å². The van der Waals surface area contributed by atoms with E-state index >= 15 is 0 Å². The Labute approximate surface area is 173 Å². The topological polar surface area (TPSA) is 56.8 Å². The molecule has 0 spiro atoms. The molecule has 1 fully saturated rings. The Balaban J connectivity index is 1.42. The predicted molar refractivity (Wildman–Crippen MR) is 121 cm³/mol. The van der Waals surface area contributed by atoms with Crippen LogP contribution in [0.25, 0.3) is 21.9 Å². The number of anilines is 1. The molecule has 0 amide bonds. The second kappa shape index (κ2) is 7.99. The predicted octanol–water partition coefficient (Wildman–Crippen LogP) is 5.31. The molecule has 1 saturated heterocycles. The normalized spacial score (nSPS) is 16.2. The van der Waals surface area contributed by atoms with Crippen LogP contribution in [0.3, 0.4) is 0 Å². The smallest absolute Gasteiger partial charge is 0.130 e. The lowest BCUT2D eigenvalue weighted by Crippen LogP contribution is -2.39. The quantitative estimate of drug-likeness (QED) is 0.621. The highest BCUT2D eigenvalue weighted by atomic mass is 15.1. The first-order valence-corrected chi connectivity index (χ1v) is 10.4. The van der Waals surface area contributed by atoms with Crippen LogP contribution >= 0.6 is 0 Å². The summed E-state index contributed by atoms with van der Waals surface area (Å²) in [5.74, 6) is 1.37. The number of fused-ring (bicyclic) bond motifs is 1. The fourth-order valence-corrected chi connectivity index (χ4v) is 4.17. The van der Waals surface area contributed by atoms with Gasteiger partial charge in [0.2, 0.25) is 0 Å². The molecule has 29 heavy (non-hydrogen) atoms. The number of aromatic nitrogens is 3. The van der Waals surface area contributed by atoms with Crippen LogP contribution in [0.1, 0.15) is 33.6 Å². The molecule has 0 unspecified atom stereocenters. The van der Waals surface area contributed by atoms with E-state index in [1.165, 1.54) is 0 Å². The second-order valence-electron chi connectivity index (χ2n) is 9.38. The minimum Gasteiger partial charge on any atom is -0.344 e. The summed E-state index contributed by atoms with van der Waals surface area (Å²) in [5.41, 5.74) is 3.67. The number of hydrogen-bond donors (Lipinski definition) is 2. The molecule has 5 nitrogen and oxygen atoms in total. The zero-order valence-corrected chi connectivity index (χ0v) is 17.7. The van der Waals surface area contributed by atoms with Gasteiger partial charge in [0.25, 0.3) is 0 Å². The summed E-state index contributed by atoms with van der Waals surface area (Å²) in [6, 6.07) is 8.50. The average molecular weight is 390 g/mol. The standard InChI is InChI=1S/C24H31N5/c1-17(18-7-9-29(10-8-18)16-24(2,3)4)28-23-12-21-11-19(22-14-26-27-15-22)5-6-20(21)13-25-23/h5-6,11-15,18H,1,7-10,16H2,2-4H3,(H,25,28)(H,26,27). The lowest BCUT2D eigenvalue weighted by molar-refractivity contribution is 0.146. The minimum atomic E-state index is 0.354. The van der Waals surface area contributed by atoms with Gasteiger partial charge in [0, 0.05) is 41.5 Å². The van der Waals surface area contributed by atoms with Crippen molar-refractivity contribution in [3.63, 3.8) is 0 Å². The highest BCUT2D eigenvalue weighted by molar-refractivity contribution is 5.88. The molecular formula is C24H31N5. The molecule has 152 valence electrons. The third-order valence-electron chi connectivity index (χ3n) is 5.62. The summed E-state index contributed by atoms with van der Waals surface area (Å²) in [7, 11) is 0. The monoisotopic (exact) mass is 389 g/mol. The van der Waals surface area contributed by atoms with E-state index in [4.69, 9.17) is 0 Å². The summed E-state index contributed by atoms with van der Waals surface area (Å²) in [6.07, 6.45) is 7.99. The van der Waals surface area contributed by atoms with Gasteiger partial charge in [-0.1, -0.05) is 39.5 Å². The van der Waals surface area contributed by atoms with Crippen LogP contribution in [0, 0.1) is 11.3 Å². The third kappa shape index (κ3) is 4.85. The Morgan fingerprint density at radius 2 is 1.93 bits per heavy atom. The molecule has 0 bridgehead atoms. The number of benzene rings is 1. The maximum Gasteiger partial charge on any atom is 0.130 e. The Bertz CT molecular complexity index is 976. The highest BCUT2D eigenvalue weighted by Gasteiger charge is 2.24. The third-order valence-corrected chi connectivity index (χ3v) is 5.62. The maximum atomic E-state index is 4.60. The molecule has 0 saturated carbocycles. The van der Waals surface area contributed by atoms with E-state index in [1.54, 1.807) is 0 Å². The number of nitrogens with zero attached hydrogens (tertiary/aromatic N) is 3. The van der Waals surface area contributed by atoms with Gasteiger partial charge in [-0.15, -0.1) is 0 Å². The molecule has 0 atom stereocenters. The van der Waals surface area contributed by atoms with Gasteiger partial charge in [-0.05, 0) is 54.4 Å². The number of likely N-dealkylation sites (tertiary alicyclic amines) is 1. The Morgan fingerprint density at radius 1 is 1.14 bits per heavy atom. The van der Waals surface area contributed by atoms with E-state index in [1.807, 2.05) is 18.6 Å².